The smallest absolute Gasteiger partial charge is 0.325 e. The van der Waals surface area contributed by atoms with Crippen molar-refractivity contribution in [2.75, 3.05) is 20.2 Å². The highest BCUT2D eigenvalue weighted by Crippen LogP contribution is 2.25. The van der Waals surface area contributed by atoms with E-state index in [1.807, 2.05) is 26.0 Å². The molecule has 0 unspecified atom stereocenters. The van der Waals surface area contributed by atoms with Gasteiger partial charge in [0.05, 0.1) is 22.2 Å². The first-order chi connectivity index (χ1) is 16.6. The van der Waals surface area contributed by atoms with Crippen molar-refractivity contribution < 1.29 is 22.7 Å². The van der Waals surface area contributed by atoms with Crippen LogP contribution in [0.25, 0.3) is 10.2 Å². The van der Waals surface area contributed by atoms with Gasteiger partial charge in [-0.15, -0.1) is 0 Å². The normalized spacial score (nSPS) is 16.1. The van der Waals surface area contributed by atoms with Gasteiger partial charge >= 0.3 is 5.97 Å². The molecule has 1 amide bonds. The Labute approximate surface area is 208 Å². The molecular weight excluding hydrogens is 486 g/mol. The summed E-state index contributed by atoms with van der Waals surface area (Å²) in [6.45, 7) is 7.00. The van der Waals surface area contributed by atoms with Crippen LogP contribution in [0.1, 0.15) is 41.3 Å². The number of piperidine rings is 1. The monoisotopic (exact) mass is 515 g/mol. The molecule has 10 heteroatoms. The molecule has 1 saturated heterocycles. The van der Waals surface area contributed by atoms with Gasteiger partial charge in [-0.25, -0.2) is 8.42 Å². The molecule has 1 fully saturated rings. The minimum Gasteiger partial charge on any atom is -0.468 e. The van der Waals surface area contributed by atoms with Crippen LogP contribution in [0.4, 0.5) is 0 Å². The molecule has 0 spiro atoms. The first kappa shape index (κ1) is 25.3. The minimum atomic E-state index is -3.60. The van der Waals surface area contributed by atoms with Crippen molar-refractivity contribution in [2.45, 2.75) is 45.1 Å². The van der Waals surface area contributed by atoms with Gasteiger partial charge in [0.2, 0.25) is 10.0 Å². The summed E-state index contributed by atoms with van der Waals surface area (Å²) in [5, 5.41) is 0. The fraction of sp³-hybridized carbons (Fsp3) is 0.400. The molecule has 3 aromatic rings. The zero-order valence-electron chi connectivity index (χ0n) is 20.3. The maximum Gasteiger partial charge on any atom is 0.325 e. The first-order valence-corrected chi connectivity index (χ1v) is 13.7. The van der Waals surface area contributed by atoms with Crippen LogP contribution in [0.3, 0.4) is 0 Å². The van der Waals surface area contributed by atoms with E-state index in [2.05, 4.69) is 11.9 Å². The summed E-state index contributed by atoms with van der Waals surface area (Å²) >= 11 is 1.33. The molecule has 0 atom stereocenters. The molecule has 2 aromatic carbocycles. The maximum atomic E-state index is 13.0. The second-order valence-corrected chi connectivity index (χ2v) is 11.9. The molecule has 0 aliphatic carbocycles. The number of hydrogen-bond acceptors (Lipinski definition) is 6. The van der Waals surface area contributed by atoms with Gasteiger partial charge in [-0.2, -0.15) is 9.30 Å². The van der Waals surface area contributed by atoms with Gasteiger partial charge in [0, 0.05) is 18.7 Å². The minimum absolute atomic E-state index is 0.0723. The fourth-order valence-electron chi connectivity index (χ4n) is 4.24. The highest BCUT2D eigenvalue weighted by Gasteiger charge is 2.28. The van der Waals surface area contributed by atoms with E-state index in [-0.39, 0.29) is 17.0 Å². The van der Waals surface area contributed by atoms with Crippen molar-refractivity contribution in [3.05, 3.63) is 57.9 Å². The third kappa shape index (κ3) is 5.24. The Morgan fingerprint density at radius 2 is 1.77 bits per heavy atom. The second-order valence-electron chi connectivity index (χ2n) is 9.00. The van der Waals surface area contributed by atoms with E-state index in [9.17, 15) is 18.0 Å². The fourth-order valence-corrected chi connectivity index (χ4v) is 6.79. The molecular formula is C25H29N3O5S2. The lowest BCUT2D eigenvalue weighted by Gasteiger charge is -2.29. The number of carbonyl (C=O) groups excluding carboxylic acids is 2. The molecule has 1 aliphatic heterocycles. The number of amides is 1. The molecule has 2 heterocycles. The maximum absolute atomic E-state index is 13.0. The standard InChI is InChI=1S/C25H29N3O5S2/c1-16-9-11-27(12-10-16)35(31,32)20-7-5-19(6-8-20)24(30)26-25-28(15-22(29)33-4)21-14-17(2)13-18(3)23(21)34-25/h5-8,13-14,16H,9-12,15H2,1-4H3. The average molecular weight is 516 g/mol. The zero-order chi connectivity index (χ0) is 25.3. The Morgan fingerprint density at radius 1 is 1.11 bits per heavy atom. The highest BCUT2D eigenvalue weighted by atomic mass is 32.2. The lowest BCUT2D eigenvalue weighted by molar-refractivity contribution is -0.141. The number of fused-ring (bicyclic) bond motifs is 1. The Hall–Kier alpha value is -2.82. The van der Waals surface area contributed by atoms with E-state index in [0.29, 0.717) is 23.8 Å². The molecule has 186 valence electrons. The molecule has 0 bridgehead atoms. The van der Waals surface area contributed by atoms with Gasteiger partial charge in [0.1, 0.15) is 6.54 Å². The van der Waals surface area contributed by atoms with Crippen molar-refractivity contribution in [3.63, 3.8) is 0 Å². The lowest BCUT2D eigenvalue weighted by Crippen LogP contribution is -2.37. The average Bonchev–Trinajstić information content (AvgIpc) is 3.16. The Kier molecular flexibility index (Phi) is 7.25. The molecule has 4 rings (SSSR count). The van der Waals surface area contributed by atoms with Crippen LogP contribution in [0.15, 0.2) is 46.3 Å². The van der Waals surface area contributed by atoms with E-state index in [1.54, 1.807) is 4.57 Å². The highest BCUT2D eigenvalue weighted by molar-refractivity contribution is 7.89. The van der Waals surface area contributed by atoms with Crippen LogP contribution in [-0.4, -0.2) is 49.4 Å². The molecule has 0 saturated carbocycles. The lowest BCUT2D eigenvalue weighted by atomic mass is 10.0. The summed E-state index contributed by atoms with van der Waals surface area (Å²) in [5.41, 5.74) is 3.14. The summed E-state index contributed by atoms with van der Waals surface area (Å²) in [4.78, 5) is 29.9. The summed E-state index contributed by atoms with van der Waals surface area (Å²) in [7, 11) is -2.28. The van der Waals surface area contributed by atoms with Crippen molar-refractivity contribution in [1.29, 1.82) is 0 Å². The SMILES string of the molecule is COC(=O)Cn1c(=NC(=O)c2ccc(S(=O)(=O)N3CCC(C)CC3)cc2)sc2c(C)cc(C)cc21. The second kappa shape index (κ2) is 10.0. The first-order valence-electron chi connectivity index (χ1n) is 11.5. The number of carbonyl (C=O) groups is 2. The topological polar surface area (TPSA) is 98.0 Å². The molecule has 35 heavy (non-hydrogen) atoms. The van der Waals surface area contributed by atoms with E-state index in [1.165, 1.54) is 47.0 Å². The van der Waals surface area contributed by atoms with Gasteiger partial charge < -0.3 is 9.30 Å². The number of sulfonamides is 1. The van der Waals surface area contributed by atoms with Crippen LogP contribution in [-0.2, 0) is 26.1 Å². The Bertz CT molecular complexity index is 1440. The predicted octanol–water partition coefficient (Wildman–Crippen LogP) is 3.65. The summed E-state index contributed by atoms with van der Waals surface area (Å²) in [6.07, 6.45) is 1.68. The van der Waals surface area contributed by atoms with Gasteiger partial charge in [-0.3, -0.25) is 9.59 Å². The largest absolute Gasteiger partial charge is 0.468 e. The number of esters is 1. The Balaban J connectivity index is 1.67. The van der Waals surface area contributed by atoms with E-state index in [4.69, 9.17) is 4.74 Å². The zero-order valence-corrected chi connectivity index (χ0v) is 21.9. The van der Waals surface area contributed by atoms with E-state index >= 15 is 0 Å². The number of rotatable bonds is 5. The molecule has 8 nitrogen and oxygen atoms in total. The molecule has 0 N–H and O–H groups in total. The van der Waals surface area contributed by atoms with E-state index < -0.39 is 21.9 Å². The predicted molar refractivity (Wildman–Crippen MR) is 135 cm³/mol. The molecule has 1 aliphatic rings. The number of aryl methyl sites for hydroxylation is 2. The van der Waals surface area contributed by atoms with Crippen molar-refractivity contribution in [2.24, 2.45) is 10.9 Å². The number of hydrogen-bond donors (Lipinski definition) is 0. The summed E-state index contributed by atoms with van der Waals surface area (Å²) in [6, 6.07) is 9.87. The van der Waals surface area contributed by atoms with Crippen LogP contribution < -0.4 is 4.80 Å². The summed E-state index contributed by atoms with van der Waals surface area (Å²) < 4.78 is 34.9. The van der Waals surface area contributed by atoms with Gasteiger partial charge in [0.15, 0.2) is 4.80 Å². The van der Waals surface area contributed by atoms with E-state index in [0.717, 1.165) is 34.2 Å². The van der Waals surface area contributed by atoms with Crippen molar-refractivity contribution >= 4 is 43.5 Å². The van der Waals surface area contributed by atoms with Crippen LogP contribution in [0, 0.1) is 19.8 Å². The number of aromatic nitrogens is 1. The van der Waals surface area contributed by atoms with Crippen molar-refractivity contribution in [1.82, 2.24) is 8.87 Å². The number of ether oxygens (including phenoxy) is 1. The van der Waals surface area contributed by atoms with Crippen LogP contribution >= 0.6 is 11.3 Å². The van der Waals surface area contributed by atoms with Crippen LogP contribution in [0.2, 0.25) is 0 Å². The number of benzene rings is 2. The van der Waals surface area contributed by atoms with Gasteiger partial charge in [-0.1, -0.05) is 24.3 Å². The quantitative estimate of drug-likeness (QED) is 0.483. The number of nitrogens with zero attached hydrogens (tertiary/aromatic N) is 3. The van der Waals surface area contributed by atoms with Gasteiger partial charge in [-0.05, 0) is 74.1 Å². The molecule has 0 radical (unpaired) electrons. The molecule has 1 aromatic heterocycles. The summed E-state index contributed by atoms with van der Waals surface area (Å²) in [5.74, 6) is -0.439. The number of thiazole rings is 1. The Morgan fingerprint density at radius 3 is 2.40 bits per heavy atom. The third-order valence-corrected chi connectivity index (χ3v) is 9.45. The van der Waals surface area contributed by atoms with Crippen LogP contribution in [0.5, 0.6) is 0 Å². The number of methoxy groups -OCH3 is 1. The van der Waals surface area contributed by atoms with Gasteiger partial charge in [0.25, 0.3) is 5.91 Å². The third-order valence-electron chi connectivity index (χ3n) is 6.31. The van der Waals surface area contributed by atoms with Crippen molar-refractivity contribution in [3.8, 4) is 0 Å².